The van der Waals surface area contributed by atoms with Crippen LogP contribution < -0.4 is 10.2 Å². The van der Waals surface area contributed by atoms with Gasteiger partial charge in [0.05, 0.1) is 5.69 Å². The SMILES string of the molecule is C#CCc1scc(N2CCC(C(=O)N/C(C=C)=N/O)CC2)c1/C=C\C.CC. The van der Waals surface area contributed by atoms with Crippen LogP contribution in [0.25, 0.3) is 6.08 Å². The maximum Gasteiger partial charge on any atom is 0.228 e. The first-order chi connectivity index (χ1) is 13.1. The Morgan fingerprint density at radius 1 is 1.52 bits per heavy atom. The molecule has 2 N–H and O–H groups in total. The number of nitrogens with zero attached hydrogens (tertiary/aromatic N) is 2. The molecule has 2 heterocycles. The van der Waals surface area contributed by atoms with Crippen LogP contribution in [0.2, 0.25) is 0 Å². The molecule has 1 amide bonds. The number of carbonyl (C=O) groups is 1. The van der Waals surface area contributed by atoms with Gasteiger partial charge in [0.15, 0.2) is 5.84 Å². The van der Waals surface area contributed by atoms with Crippen molar-refractivity contribution in [3.05, 3.63) is 34.6 Å². The molecule has 0 bridgehead atoms. The van der Waals surface area contributed by atoms with E-state index in [4.69, 9.17) is 11.6 Å². The average molecular weight is 388 g/mol. The quantitative estimate of drug-likeness (QED) is 0.260. The molecule has 146 valence electrons. The lowest BCUT2D eigenvalue weighted by molar-refractivity contribution is -0.124. The third kappa shape index (κ3) is 6.00. The number of allylic oxidation sites excluding steroid dienone is 1. The van der Waals surface area contributed by atoms with Crippen LogP contribution in [0.4, 0.5) is 5.69 Å². The van der Waals surface area contributed by atoms with Crippen molar-refractivity contribution in [3.8, 4) is 12.3 Å². The number of nitrogens with one attached hydrogen (secondary N) is 1. The lowest BCUT2D eigenvalue weighted by atomic mass is 9.95. The van der Waals surface area contributed by atoms with E-state index >= 15 is 0 Å². The van der Waals surface area contributed by atoms with Gasteiger partial charge in [-0.3, -0.25) is 4.79 Å². The highest BCUT2D eigenvalue weighted by Gasteiger charge is 2.27. The number of rotatable bonds is 5. The Hall–Kier alpha value is -2.52. The van der Waals surface area contributed by atoms with Gasteiger partial charge in [-0.1, -0.05) is 37.7 Å². The van der Waals surface area contributed by atoms with Gasteiger partial charge in [-0.15, -0.1) is 23.7 Å². The standard InChI is InChI=1S/C19H23N3O2S.C2H6/c1-4-7-15-16(13-25-17(15)8-5-2)22-11-9-14(10-12-22)19(23)20-18(6-3)21-24;1-2/h2,4,6-7,13-14,24H,3,8-12H2,1H3,(H,20,21,23);1-2H3/b7-4-;. The summed E-state index contributed by atoms with van der Waals surface area (Å²) in [6.07, 6.45) is 13.0. The number of terminal acetylenes is 1. The molecule has 1 aromatic heterocycles. The number of thiophene rings is 1. The van der Waals surface area contributed by atoms with Crippen LogP contribution in [0.3, 0.4) is 0 Å². The fourth-order valence-electron chi connectivity index (χ4n) is 2.94. The molecule has 1 aromatic rings. The van der Waals surface area contributed by atoms with Crippen molar-refractivity contribution in [2.45, 2.75) is 40.0 Å². The lowest BCUT2D eigenvalue weighted by Gasteiger charge is -2.33. The summed E-state index contributed by atoms with van der Waals surface area (Å²) in [4.78, 5) is 15.7. The predicted molar refractivity (Wildman–Crippen MR) is 115 cm³/mol. The van der Waals surface area contributed by atoms with Crippen molar-refractivity contribution in [2.24, 2.45) is 11.1 Å². The predicted octanol–water partition coefficient (Wildman–Crippen LogP) is 4.29. The maximum absolute atomic E-state index is 12.2. The number of amidine groups is 1. The van der Waals surface area contributed by atoms with Gasteiger partial charge in [0, 0.05) is 41.2 Å². The molecular formula is C21H29N3O2S. The van der Waals surface area contributed by atoms with E-state index in [0.717, 1.165) is 25.9 Å². The molecule has 1 saturated heterocycles. The number of piperidine rings is 1. The van der Waals surface area contributed by atoms with Crippen molar-refractivity contribution >= 4 is 34.8 Å². The largest absolute Gasteiger partial charge is 0.409 e. The second-order valence-electron chi connectivity index (χ2n) is 5.78. The zero-order valence-corrected chi connectivity index (χ0v) is 17.2. The Morgan fingerprint density at radius 3 is 2.70 bits per heavy atom. The summed E-state index contributed by atoms with van der Waals surface area (Å²) in [5.41, 5.74) is 2.38. The highest BCUT2D eigenvalue weighted by atomic mass is 32.1. The van der Waals surface area contributed by atoms with Crippen LogP contribution in [0.15, 0.2) is 29.3 Å². The second kappa shape index (κ2) is 12.0. The topological polar surface area (TPSA) is 64.9 Å². The highest BCUT2D eigenvalue weighted by Crippen LogP contribution is 2.34. The maximum atomic E-state index is 12.2. The van der Waals surface area contributed by atoms with Crippen LogP contribution >= 0.6 is 11.3 Å². The Bertz CT molecular complexity index is 720. The van der Waals surface area contributed by atoms with Crippen molar-refractivity contribution in [1.82, 2.24) is 5.32 Å². The molecular weight excluding hydrogens is 358 g/mol. The molecule has 0 radical (unpaired) electrons. The molecule has 0 aliphatic carbocycles. The van der Waals surface area contributed by atoms with E-state index in [9.17, 15) is 4.79 Å². The second-order valence-corrected chi connectivity index (χ2v) is 6.74. The summed E-state index contributed by atoms with van der Waals surface area (Å²) >= 11 is 1.69. The first kappa shape index (κ1) is 22.5. The normalized spacial score (nSPS) is 15.0. The first-order valence-corrected chi connectivity index (χ1v) is 10.1. The third-order valence-corrected chi connectivity index (χ3v) is 5.23. The van der Waals surface area contributed by atoms with Crippen LogP contribution in [0, 0.1) is 18.3 Å². The molecule has 27 heavy (non-hydrogen) atoms. The van der Waals surface area contributed by atoms with Crippen molar-refractivity contribution in [1.29, 1.82) is 0 Å². The van der Waals surface area contributed by atoms with Gasteiger partial charge in [-0.05, 0) is 25.8 Å². The molecule has 1 aliphatic rings. The van der Waals surface area contributed by atoms with Crippen molar-refractivity contribution in [2.75, 3.05) is 18.0 Å². The Balaban J connectivity index is 0.00000176. The summed E-state index contributed by atoms with van der Waals surface area (Å²) < 4.78 is 0. The number of amides is 1. The number of oxime groups is 1. The Morgan fingerprint density at radius 2 is 2.19 bits per heavy atom. The molecule has 0 atom stereocenters. The fraction of sp³-hybridized carbons (Fsp3) is 0.429. The van der Waals surface area contributed by atoms with Gasteiger partial charge < -0.3 is 15.4 Å². The van der Waals surface area contributed by atoms with E-state index in [1.54, 1.807) is 11.3 Å². The van der Waals surface area contributed by atoms with Crippen LogP contribution in [-0.4, -0.2) is 30.0 Å². The minimum atomic E-state index is -0.126. The van der Waals surface area contributed by atoms with Gasteiger partial charge in [-0.2, -0.15) is 0 Å². The molecule has 6 heteroatoms. The van der Waals surface area contributed by atoms with Gasteiger partial charge in [-0.25, -0.2) is 0 Å². The van der Waals surface area contributed by atoms with E-state index in [2.05, 4.69) is 39.3 Å². The fourth-order valence-corrected chi connectivity index (χ4v) is 3.94. The van der Waals surface area contributed by atoms with E-state index in [0.29, 0.717) is 6.42 Å². The zero-order chi connectivity index (χ0) is 20.2. The Labute approximate surface area is 166 Å². The minimum absolute atomic E-state index is 0.0829. The van der Waals surface area contributed by atoms with Crippen molar-refractivity contribution < 1.29 is 10.0 Å². The number of hydrogen-bond acceptors (Lipinski definition) is 5. The summed E-state index contributed by atoms with van der Waals surface area (Å²) in [5.74, 6) is 2.58. The minimum Gasteiger partial charge on any atom is -0.409 e. The lowest BCUT2D eigenvalue weighted by Crippen LogP contribution is -2.42. The summed E-state index contributed by atoms with van der Waals surface area (Å²) in [5, 5.41) is 16.5. The average Bonchev–Trinajstić information content (AvgIpc) is 3.10. The highest BCUT2D eigenvalue weighted by molar-refractivity contribution is 7.10. The van der Waals surface area contributed by atoms with E-state index in [1.807, 2.05) is 26.8 Å². The van der Waals surface area contributed by atoms with Crippen LogP contribution in [0.1, 0.15) is 44.1 Å². The third-order valence-electron chi connectivity index (χ3n) is 4.24. The van der Waals surface area contributed by atoms with Crippen molar-refractivity contribution in [3.63, 3.8) is 0 Å². The summed E-state index contributed by atoms with van der Waals surface area (Å²) in [6, 6.07) is 0. The van der Waals surface area contributed by atoms with E-state index in [1.165, 1.54) is 22.2 Å². The summed E-state index contributed by atoms with van der Waals surface area (Å²) in [6.45, 7) is 11.1. The van der Waals surface area contributed by atoms with Crippen LogP contribution in [0.5, 0.6) is 0 Å². The molecule has 0 spiro atoms. The van der Waals surface area contributed by atoms with Gasteiger partial charge in [0.2, 0.25) is 5.91 Å². The van der Waals surface area contributed by atoms with Gasteiger partial charge >= 0.3 is 0 Å². The zero-order valence-electron chi connectivity index (χ0n) is 16.4. The molecule has 1 aliphatic heterocycles. The van der Waals surface area contributed by atoms with E-state index < -0.39 is 0 Å². The number of anilines is 1. The number of hydrogen-bond donors (Lipinski definition) is 2. The molecule has 1 fully saturated rings. The molecule has 0 saturated carbocycles. The first-order valence-electron chi connectivity index (χ1n) is 9.21. The molecule has 5 nitrogen and oxygen atoms in total. The van der Waals surface area contributed by atoms with E-state index in [-0.39, 0.29) is 17.7 Å². The van der Waals surface area contributed by atoms with Gasteiger partial charge in [0.25, 0.3) is 0 Å². The molecule has 2 rings (SSSR count). The molecule has 0 aromatic carbocycles. The summed E-state index contributed by atoms with van der Waals surface area (Å²) in [7, 11) is 0. The Kier molecular flexibility index (Phi) is 9.99. The monoisotopic (exact) mass is 387 g/mol. The van der Waals surface area contributed by atoms with Gasteiger partial charge in [0.1, 0.15) is 0 Å². The smallest absolute Gasteiger partial charge is 0.228 e. The number of carbonyl (C=O) groups excluding carboxylic acids is 1. The van der Waals surface area contributed by atoms with Crippen LogP contribution in [-0.2, 0) is 11.2 Å². The molecule has 0 unspecified atom stereocenters.